The SMILES string of the molecule is O=C(Oc1ccc([N+](=O)[O-])cc1)C1CCC23CCC12CC3. The fraction of sp³-hybridized carbons (Fsp3) is 0.562. The summed E-state index contributed by atoms with van der Waals surface area (Å²) in [6, 6.07) is 5.73. The molecule has 1 atom stereocenters. The van der Waals surface area contributed by atoms with Crippen LogP contribution < -0.4 is 4.74 Å². The second kappa shape index (κ2) is 4.06. The fourth-order valence-corrected chi connectivity index (χ4v) is 4.93. The number of nitro groups is 1. The van der Waals surface area contributed by atoms with Gasteiger partial charge in [-0.2, -0.15) is 0 Å². The van der Waals surface area contributed by atoms with Crippen molar-refractivity contribution in [1.82, 2.24) is 0 Å². The Morgan fingerprint density at radius 2 is 1.81 bits per heavy atom. The highest BCUT2D eigenvalue weighted by Crippen LogP contribution is 2.79. The molecule has 3 aliphatic rings. The van der Waals surface area contributed by atoms with Gasteiger partial charge in [-0.1, -0.05) is 0 Å². The molecule has 3 saturated carbocycles. The van der Waals surface area contributed by atoms with Crippen LogP contribution >= 0.6 is 0 Å². The van der Waals surface area contributed by atoms with E-state index in [4.69, 9.17) is 4.74 Å². The van der Waals surface area contributed by atoms with Crippen LogP contribution in [0, 0.1) is 26.9 Å². The second-order valence-corrected chi connectivity index (χ2v) is 6.70. The molecule has 0 spiro atoms. The molecule has 1 aromatic rings. The predicted molar refractivity (Wildman–Crippen MR) is 74.8 cm³/mol. The number of nitro benzene ring substituents is 1. The molecule has 0 aliphatic heterocycles. The molecule has 110 valence electrons. The number of benzene rings is 1. The van der Waals surface area contributed by atoms with Crippen LogP contribution in [0.5, 0.6) is 5.75 Å². The molecule has 1 aromatic carbocycles. The van der Waals surface area contributed by atoms with Crippen LogP contribution in [-0.2, 0) is 4.79 Å². The molecule has 0 saturated heterocycles. The van der Waals surface area contributed by atoms with Crippen LogP contribution in [0.2, 0.25) is 0 Å². The second-order valence-electron chi connectivity index (χ2n) is 6.70. The largest absolute Gasteiger partial charge is 0.426 e. The van der Waals surface area contributed by atoms with E-state index in [2.05, 4.69) is 0 Å². The summed E-state index contributed by atoms with van der Waals surface area (Å²) in [5.41, 5.74) is 0.683. The Morgan fingerprint density at radius 3 is 2.29 bits per heavy atom. The van der Waals surface area contributed by atoms with E-state index >= 15 is 0 Å². The third kappa shape index (κ3) is 1.54. The maximum atomic E-state index is 12.4. The molecule has 0 radical (unpaired) electrons. The van der Waals surface area contributed by atoms with Crippen molar-refractivity contribution < 1.29 is 14.5 Å². The van der Waals surface area contributed by atoms with E-state index < -0.39 is 4.92 Å². The van der Waals surface area contributed by atoms with Gasteiger partial charge in [-0.15, -0.1) is 0 Å². The first-order valence-electron chi connectivity index (χ1n) is 7.53. The first-order valence-corrected chi connectivity index (χ1v) is 7.53. The van der Waals surface area contributed by atoms with Gasteiger partial charge in [0.25, 0.3) is 5.69 Å². The van der Waals surface area contributed by atoms with Gasteiger partial charge in [0.05, 0.1) is 10.8 Å². The molecule has 0 aromatic heterocycles. The summed E-state index contributed by atoms with van der Waals surface area (Å²) < 4.78 is 5.47. The van der Waals surface area contributed by atoms with Crippen molar-refractivity contribution in [2.75, 3.05) is 0 Å². The number of non-ortho nitro benzene ring substituents is 1. The van der Waals surface area contributed by atoms with Gasteiger partial charge in [0.2, 0.25) is 0 Å². The van der Waals surface area contributed by atoms with E-state index in [1.807, 2.05) is 0 Å². The van der Waals surface area contributed by atoms with Crippen LogP contribution in [0.1, 0.15) is 38.5 Å². The zero-order valence-corrected chi connectivity index (χ0v) is 11.7. The number of carbonyl (C=O) groups excluding carboxylic acids is 1. The number of esters is 1. The molecular weight excluding hydrogens is 270 g/mol. The molecule has 1 unspecified atom stereocenters. The minimum atomic E-state index is -0.460. The maximum Gasteiger partial charge on any atom is 0.314 e. The van der Waals surface area contributed by atoms with Crippen molar-refractivity contribution in [3.63, 3.8) is 0 Å². The van der Waals surface area contributed by atoms with E-state index in [1.54, 1.807) is 0 Å². The first-order chi connectivity index (χ1) is 10.1. The van der Waals surface area contributed by atoms with Crippen molar-refractivity contribution in [2.45, 2.75) is 38.5 Å². The normalized spacial score (nSPS) is 35.9. The average Bonchev–Trinajstić information content (AvgIpc) is 2.64. The topological polar surface area (TPSA) is 69.4 Å². The van der Waals surface area contributed by atoms with Gasteiger partial charge in [0.15, 0.2) is 0 Å². The van der Waals surface area contributed by atoms with Crippen LogP contribution in [0.4, 0.5) is 5.69 Å². The standard InChI is InChI=1S/C16H17NO4/c18-14(21-12-3-1-11(2-4-12)17(19)20)13-5-6-15-7-9-16(13,15)10-8-15/h1-4,13H,5-10H2. The van der Waals surface area contributed by atoms with Crippen molar-refractivity contribution in [3.8, 4) is 5.75 Å². The quantitative estimate of drug-likeness (QED) is 0.369. The van der Waals surface area contributed by atoms with Crippen LogP contribution in [0.25, 0.3) is 0 Å². The highest BCUT2D eigenvalue weighted by molar-refractivity contribution is 5.77. The van der Waals surface area contributed by atoms with E-state index in [1.165, 1.54) is 37.1 Å². The number of ether oxygens (including phenoxy) is 1. The summed E-state index contributed by atoms with van der Waals surface area (Å²) in [6.07, 6.45) is 6.96. The lowest BCUT2D eigenvalue weighted by Crippen LogP contribution is -2.60. The van der Waals surface area contributed by atoms with E-state index in [9.17, 15) is 14.9 Å². The maximum absolute atomic E-state index is 12.4. The van der Waals surface area contributed by atoms with Crippen molar-refractivity contribution in [2.24, 2.45) is 16.7 Å². The predicted octanol–water partition coefficient (Wildman–Crippen LogP) is 3.47. The first kappa shape index (κ1) is 12.8. The van der Waals surface area contributed by atoms with Crippen molar-refractivity contribution in [1.29, 1.82) is 0 Å². The Kier molecular flexibility index (Phi) is 2.47. The number of rotatable bonds is 3. The molecule has 0 N–H and O–H groups in total. The summed E-state index contributed by atoms with van der Waals surface area (Å²) in [7, 11) is 0. The van der Waals surface area contributed by atoms with Gasteiger partial charge in [0, 0.05) is 12.1 Å². The Labute approximate surface area is 122 Å². The Morgan fingerprint density at radius 1 is 1.14 bits per heavy atom. The molecular formula is C16H17NO4. The third-order valence-electron chi connectivity index (χ3n) is 6.28. The average molecular weight is 287 g/mol. The number of nitrogens with zero attached hydrogens (tertiary/aromatic N) is 1. The van der Waals surface area contributed by atoms with Crippen molar-refractivity contribution in [3.05, 3.63) is 34.4 Å². The van der Waals surface area contributed by atoms with Gasteiger partial charge in [-0.25, -0.2) is 0 Å². The molecule has 21 heavy (non-hydrogen) atoms. The van der Waals surface area contributed by atoms with Gasteiger partial charge in [-0.3, -0.25) is 14.9 Å². The molecule has 3 aliphatic carbocycles. The molecule has 0 amide bonds. The zero-order valence-electron chi connectivity index (χ0n) is 11.7. The summed E-state index contributed by atoms with van der Waals surface area (Å²) in [4.78, 5) is 22.6. The lowest BCUT2D eigenvalue weighted by molar-refractivity contribution is -0.384. The number of hydrogen-bond donors (Lipinski definition) is 0. The lowest BCUT2D eigenvalue weighted by Gasteiger charge is -2.66. The van der Waals surface area contributed by atoms with E-state index in [-0.39, 0.29) is 23.0 Å². The highest BCUT2D eigenvalue weighted by atomic mass is 16.6. The van der Waals surface area contributed by atoms with Gasteiger partial charge >= 0.3 is 5.97 Å². The van der Waals surface area contributed by atoms with E-state index in [0.717, 1.165) is 25.7 Å². The Hall–Kier alpha value is -1.91. The van der Waals surface area contributed by atoms with Gasteiger partial charge in [0.1, 0.15) is 5.75 Å². The van der Waals surface area contributed by atoms with Gasteiger partial charge < -0.3 is 4.74 Å². The van der Waals surface area contributed by atoms with Crippen molar-refractivity contribution >= 4 is 11.7 Å². The molecule has 5 nitrogen and oxygen atoms in total. The van der Waals surface area contributed by atoms with Crippen LogP contribution in [0.3, 0.4) is 0 Å². The Bertz CT molecular complexity index is 614. The van der Waals surface area contributed by atoms with Gasteiger partial charge in [-0.05, 0) is 61.5 Å². The monoisotopic (exact) mass is 287 g/mol. The minimum absolute atomic E-state index is 0.00580. The summed E-state index contributed by atoms with van der Waals surface area (Å²) in [5.74, 6) is 0.276. The third-order valence-corrected chi connectivity index (χ3v) is 6.28. The van der Waals surface area contributed by atoms with E-state index in [0.29, 0.717) is 11.2 Å². The lowest BCUT2D eigenvalue weighted by atomic mass is 9.37. The highest BCUT2D eigenvalue weighted by Gasteiger charge is 2.72. The molecule has 0 bridgehead atoms. The number of hydrogen-bond acceptors (Lipinski definition) is 4. The Balaban J connectivity index is 1.48. The summed E-state index contributed by atoms with van der Waals surface area (Å²) in [5, 5.41) is 10.6. The molecule has 5 heteroatoms. The van der Waals surface area contributed by atoms with Crippen LogP contribution in [0.15, 0.2) is 24.3 Å². The summed E-state index contributed by atoms with van der Waals surface area (Å²) >= 11 is 0. The number of carbonyl (C=O) groups is 1. The molecule has 3 fully saturated rings. The molecule has 0 heterocycles. The minimum Gasteiger partial charge on any atom is -0.426 e. The van der Waals surface area contributed by atoms with Crippen LogP contribution in [-0.4, -0.2) is 10.9 Å². The zero-order chi connectivity index (χ0) is 14.7. The fourth-order valence-electron chi connectivity index (χ4n) is 4.93. The molecule has 4 rings (SSSR count). The smallest absolute Gasteiger partial charge is 0.314 e. The summed E-state index contributed by atoms with van der Waals surface area (Å²) in [6.45, 7) is 0.